The van der Waals surface area contributed by atoms with Gasteiger partial charge in [-0.25, -0.2) is 0 Å². The second-order valence-electron chi connectivity index (χ2n) is 7.30. The second kappa shape index (κ2) is 9.18. The minimum atomic E-state index is -0.820. The summed E-state index contributed by atoms with van der Waals surface area (Å²) in [6.07, 6.45) is -0.820. The third kappa shape index (κ3) is 4.56. The molecule has 0 aliphatic rings. The van der Waals surface area contributed by atoms with Gasteiger partial charge in [-0.05, 0) is 74.0 Å². The lowest BCUT2D eigenvalue weighted by molar-refractivity contribution is -0.122. The number of hydrogen-bond acceptors (Lipinski definition) is 4. The monoisotopic (exact) mass is 511 g/mol. The predicted octanol–water partition coefficient (Wildman–Crippen LogP) is 6.79. The van der Waals surface area contributed by atoms with Gasteiger partial charge in [0.15, 0.2) is 11.9 Å². The molecule has 0 fully saturated rings. The molecule has 7 heteroatoms. The van der Waals surface area contributed by atoms with Gasteiger partial charge in [0.2, 0.25) is 5.78 Å². The number of halogens is 2. The predicted molar refractivity (Wildman–Crippen MR) is 129 cm³/mol. The van der Waals surface area contributed by atoms with Crippen molar-refractivity contribution < 1.29 is 18.7 Å². The highest BCUT2D eigenvalue weighted by Gasteiger charge is 2.25. The van der Waals surface area contributed by atoms with E-state index in [4.69, 9.17) is 20.8 Å². The molecule has 162 valence electrons. The van der Waals surface area contributed by atoms with Gasteiger partial charge in [-0.1, -0.05) is 39.7 Å². The second-order valence-corrected chi connectivity index (χ2v) is 8.62. The highest BCUT2D eigenvalue weighted by atomic mass is 79.9. The number of amides is 1. The minimum Gasteiger partial charge on any atom is -0.481 e. The fourth-order valence-electron chi connectivity index (χ4n) is 3.23. The molecule has 1 N–H and O–H groups in total. The summed E-state index contributed by atoms with van der Waals surface area (Å²) >= 11 is 9.42. The highest BCUT2D eigenvalue weighted by Crippen LogP contribution is 2.33. The molecule has 0 spiro atoms. The topological polar surface area (TPSA) is 68.5 Å². The molecule has 1 heterocycles. The van der Waals surface area contributed by atoms with Crippen molar-refractivity contribution in [2.24, 2.45) is 0 Å². The van der Waals surface area contributed by atoms with Gasteiger partial charge in [0.1, 0.15) is 11.3 Å². The molecule has 4 rings (SSSR count). The van der Waals surface area contributed by atoms with E-state index in [0.717, 1.165) is 10.0 Å². The number of benzene rings is 3. The molecule has 0 radical (unpaired) electrons. The fourth-order valence-corrected chi connectivity index (χ4v) is 3.62. The Kier molecular flexibility index (Phi) is 6.35. The average molecular weight is 513 g/mol. The number of ether oxygens (including phenoxy) is 1. The van der Waals surface area contributed by atoms with Crippen LogP contribution in [-0.4, -0.2) is 17.8 Å². The van der Waals surface area contributed by atoms with E-state index in [0.29, 0.717) is 33.0 Å². The summed E-state index contributed by atoms with van der Waals surface area (Å²) in [6, 6.07) is 19.3. The smallest absolute Gasteiger partial charge is 0.265 e. The van der Waals surface area contributed by atoms with Gasteiger partial charge in [-0.2, -0.15) is 0 Å². The van der Waals surface area contributed by atoms with Crippen molar-refractivity contribution in [2.75, 3.05) is 5.32 Å². The third-order valence-corrected chi connectivity index (χ3v) is 5.92. The van der Waals surface area contributed by atoms with Crippen LogP contribution in [0.15, 0.2) is 75.6 Å². The Hall–Kier alpha value is -3.09. The average Bonchev–Trinajstić information content (AvgIpc) is 3.14. The molecule has 1 unspecified atom stereocenters. The summed E-state index contributed by atoms with van der Waals surface area (Å²) in [4.78, 5) is 26.1. The van der Waals surface area contributed by atoms with Crippen LogP contribution in [0.5, 0.6) is 5.75 Å². The number of nitrogens with one attached hydrogen (secondary N) is 1. The molecule has 0 aliphatic heterocycles. The SMILES string of the molecule is Cc1cc(OC(C)C(=O)Nc2c(C(=O)c3ccc(Br)cc3)oc3ccccc23)ccc1Cl. The Labute approximate surface area is 198 Å². The molecular weight excluding hydrogens is 494 g/mol. The molecule has 4 aromatic rings. The maximum Gasteiger partial charge on any atom is 0.265 e. The summed E-state index contributed by atoms with van der Waals surface area (Å²) in [5.41, 5.74) is 2.12. The number of furan rings is 1. The van der Waals surface area contributed by atoms with E-state index in [2.05, 4.69) is 21.2 Å². The number of ketones is 1. The van der Waals surface area contributed by atoms with Crippen molar-refractivity contribution in [3.8, 4) is 5.75 Å². The molecule has 3 aromatic carbocycles. The van der Waals surface area contributed by atoms with E-state index in [-0.39, 0.29) is 11.5 Å². The van der Waals surface area contributed by atoms with Gasteiger partial charge < -0.3 is 14.5 Å². The quantitative estimate of drug-likeness (QED) is 0.289. The zero-order valence-corrected chi connectivity index (χ0v) is 19.7. The molecule has 1 atom stereocenters. The van der Waals surface area contributed by atoms with E-state index in [1.165, 1.54) is 0 Å². The first kappa shape index (κ1) is 22.1. The molecule has 0 aliphatic carbocycles. The maximum atomic E-state index is 13.2. The lowest BCUT2D eigenvalue weighted by atomic mass is 10.1. The number of carbonyl (C=O) groups is 2. The van der Waals surface area contributed by atoms with Crippen LogP contribution in [0.3, 0.4) is 0 Å². The summed E-state index contributed by atoms with van der Waals surface area (Å²) in [6.45, 7) is 3.50. The van der Waals surface area contributed by atoms with Crippen LogP contribution in [0, 0.1) is 6.92 Å². The summed E-state index contributed by atoms with van der Waals surface area (Å²) in [5, 5.41) is 4.08. The van der Waals surface area contributed by atoms with Gasteiger partial charge in [0, 0.05) is 20.4 Å². The van der Waals surface area contributed by atoms with Crippen LogP contribution in [0.25, 0.3) is 11.0 Å². The van der Waals surface area contributed by atoms with Gasteiger partial charge in [0.05, 0.1) is 5.69 Å². The lowest BCUT2D eigenvalue weighted by Gasteiger charge is -2.15. The molecular formula is C25H19BrClNO4. The standard InChI is InChI=1S/C25H19BrClNO4/c1-14-13-18(11-12-20(14)27)31-15(2)25(30)28-22-19-5-3-4-6-21(19)32-24(22)23(29)16-7-9-17(26)10-8-16/h3-13,15H,1-2H3,(H,28,30). The number of carbonyl (C=O) groups excluding carboxylic acids is 2. The van der Waals surface area contributed by atoms with Gasteiger partial charge in [-0.3, -0.25) is 9.59 Å². The van der Waals surface area contributed by atoms with Crippen molar-refractivity contribution in [1.82, 2.24) is 0 Å². The van der Waals surface area contributed by atoms with E-state index in [9.17, 15) is 9.59 Å². The van der Waals surface area contributed by atoms with Crippen LogP contribution in [-0.2, 0) is 4.79 Å². The molecule has 0 saturated carbocycles. The molecule has 0 bridgehead atoms. The Morgan fingerprint density at radius 2 is 1.78 bits per heavy atom. The van der Waals surface area contributed by atoms with Crippen molar-refractivity contribution in [1.29, 1.82) is 0 Å². The Morgan fingerprint density at radius 3 is 2.50 bits per heavy atom. The fraction of sp³-hybridized carbons (Fsp3) is 0.120. The molecule has 5 nitrogen and oxygen atoms in total. The third-order valence-electron chi connectivity index (χ3n) is 4.97. The molecule has 1 aromatic heterocycles. The van der Waals surface area contributed by atoms with Gasteiger partial charge in [-0.15, -0.1) is 0 Å². The van der Waals surface area contributed by atoms with E-state index in [1.807, 2.05) is 13.0 Å². The number of rotatable bonds is 6. The minimum absolute atomic E-state index is 0.0661. The van der Waals surface area contributed by atoms with Crippen molar-refractivity contribution in [3.05, 3.63) is 93.1 Å². The largest absolute Gasteiger partial charge is 0.481 e. The van der Waals surface area contributed by atoms with Crippen LogP contribution < -0.4 is 10.1 Å². The van der Waals surface area contributed by atoms with Crippen LogP contribution in [0.4, 0.5) is 5.69 Å². The van der Waals surface area contributed by atoms with E-state index < -0.39 is 12.0 Å². The maximum absolute atomic E-state index is 13.2. The van der Waals surface area contributed by atoms with Gasteiger partial charge >= 0.3 is 0 Å². The first-order valence-electron chi connectivity index (χ1n) is 9.89. The molecule has 1 amide bonds. The van der Waals surface area contributed by atoms with Crippen LogP contribution in [0.2, 0.25) is 5.02 Å². The van der Waals surface area contributed by atoms with E-state index in [1.54, 1.807) is 67.6 Å². The molecule has 0 saturated heterocycles. The number of para-hydroxylation sites is 1. The van der Waals surface area contributed by atoms with Crippen molar-refractivity contribution in [3.63, 3.8) is 0 Å². The number of anilines is 1. The van der Waals surface area contributed by atoms with Crippen LogP contribution >= 0.6 is 27.5 Å². The zero-order valence-electron chi connectivity index (χ0n) is 17.3. The number of aryl methyl sites for hydroxylation is 1. The zero-order chi connectivity index (χ0) is 22.8. The highest BCUT2D eigenvalue weighted by molar-refractivity contribution is 9.10. The summed E-state index contributed by atoms with van der Waals surface area (Å²) in [7, 11) is 0. The van der Waals surface area contributed by atoms with E-state index >= 15 is 0 Å². The Bertz CT molecular complexity index is 1310. The number of fused-ring (bicyclic) bond motifs is 1. The van der Waals surface area contributed by atoms with Crippen molar-refractivity contribution >= 4 is 55.9 Å². The lowest BCUT2D eigenvalue weighted by Crippen LogP contribution is -2.30. The Balaban J connectivity index is 1.63. The number of hydrogen-bond donors (Lipinski definition) is 1. The normalized spacial score (nSPS) is 11.9. The first-order valence-corrected chi connectivity index (χ1v) is 11.1. The van der Waals surface area contributed by atoms with Crippen molar-refractivity contribution in [2.45, 2.75) is 20.0 Å². The summed E-state index contributed by atoms with van der Waals surface area (Å²) in [5.74, 6) is -0.144. The Morgan fingerprint density at radius 1 is 1.06 bits per heavy atom. The van der Waals surface area contributed by atoms with Gasteiger partial charge in [0.25, 0.3) is 5.91 Å². The molecule has 32 heavy (non-hydrogen) atoms. The first-order chi connectivity index (χ1) is 15.3. The van der Waals surface area contributed by atoms with Crippen LogP contribution in [0.1, 0.15) is 28.6 Å². The summed E-state index contributed by atoms with van der Waals surface area (Å²) < 4.78 is 12.5.